The lowest BCUT2D eigenvalue weighted by atomic mass is 10.1. The van der Waals surface area contributed by atoms with Gasteiger partial charge >= 0.3 is 0 Å². The Hall–Kier alpha value is -1.01. The molecule has 2 fully saturated rings. The van der Waals surface area contributed by atoms with E-state index in [2.05, 4.69) is 6.07 Å². The highest BCUT2D eigenvalue weighted by atomic mass is 32.2. The third-order valence-electron chi connectivity index (χ3n) is 3.57. The van der Waals surface area contributed by atoms with Crippen LogP contribution in [-0.4, -0.2) is 36.4 Å². The first-order chi connectivity index (χ1) is 8.85. The zero-order chi connectivity index (χ0) is 13.8. The van der Waals surface area contributed by atoms with Crippen LogP contribution in [0, 0.1) is 19.3 Å². The normalized spacial score (nSPS) is 28.7. The van der Waals surface area contributed by atoms with Gasteiger partial charge in [-0.25, -0.2) is 8.42 Å². The molecule has 1 N–H and O–H groups in total. The number of aryl methyl sites for hydroxylation is 2. The summed E-state index contributed by atoms with van der Waals surface area (Å²) in [4.78, 5) is 1.89. The number of hydrogen-bond acceptors (Lipinski definition) is 4. The SMILES string of the molecule is Cc1cc(C)cc(N2C(=N)S[C@H]3CS(=O)(=O)C[C@H]32)c1. The van der Waals surface area contributed by atoms with Crippen molar-refractivity contribution in [3.8, 4) is 0 Å². The molecule has 2 aliphatic rings. The fourth-order valence-corrected chi connectivity index (χ4v) is 6.69. The predicted molar refractivity (Wildman–Crippen MR) is 79.9 cm³/mol. The largest absolute Gasteiger partial charge is 0.316 e. The number of rotatable bonds is 1. The van der Waals surface area contributed by atoms with Crippen LogP contribution in [0.15, 0.2) is 18.2 Å². The zero-order valence-corrected chi connectivity index (χ0v) is 12.5. The Bertz CT molecular complexity index is 634. The van der Waals surface area contributed by atoms with Gasteiger partial charge in [-0.1, -0.05) is 17.8 Å². The number of thioether (sulfide) groups is 1. The first-order valence-electron chi connectivity index (χ1n) is 6.19. The van der Waals surface area contributed by atoms with E-state index in [0.29, 0.717) is 5.17 Å². The van der Waals surface area contributed by atoms with Crippen molar-refractivity contribution in [2.75, 3.05) is 16.4 Å². The second-order valence-corrected chi connectivity index (χ2v) is 8.70. The molecule has 19 heavy (non-hydrogen) atoms. The van der Waals surface area contributed by atoms with Crippen LogP contribution in [-0.2, 0) is 9.84 Å². The fraction of sp³-hybridized carbons (Fsp3) is 0.462. The summed E-state index contributed by atoms with van der Waals surface area (Å²) >= 11 is 1.38. The third kappa shape index (κ3) is 2.27. The van der Waals surface area contributed by atoms with Crippen molar-refractivity contribution >= 4 is 32.5 Å². The number of nitrogens with zero attached hydrogens (tertiary/aromatic N) is 1. The summed E-state index contributed by atoms with van der Waals surface area (Å²) in [7, 11) is -2.95. The molecule has 1 aromatic carbocycles. The molecule has 3 rings (SSSR count). The van der Waals surface area contributed by atoms with Gasteiger partial charge in [0, 0.05) is 10.9 Å². The molecule has 102 valence electrons. The van der Waals surface area contributed by atoms with Gasteiger partial charge in [-0.2, -0.15) is 0 Å². The van der Waals surface area contributed by atoms with Crippen LogP contribution in [0.4, 0.5) is 5.69 Å². The van der Waals surface area contributed by atoms with Crippen LogP contribution < -0.4 is 4.90 Å². The fourth-order valence-electron chi connectivity index (χ4n) is 2.90. The first-order valence-corrected chi connectivity index (χ1v) is 8.89. The number of amidine groups is 1. The van der Waals surface area contributed by atoms with Gasteiger partial charge in [0.05, 0.1) is 17.5 Å². The van der Waals surface area contributed by atoms with Gasteiger partial charge < -0.3 is 4.90 Å². The van der Waals surface area contributed by atoms with Gasteiger partial charge in [-0.15, -0.1) is 0 Å². The van der Waals surface area contributed by atoms with Crippen LogP contribution in [0.25, 0.3) is 0 Å². The molecule has 2 heterocycles. The number of benzene rings is 1. The Morgan fingerprint density at radius 2 is 1.84 bits per heavy atom. The summed E-state index contributed by atoms with van der Waals surface area (Å²) in [6, 6.07) is 6.05. The van der Waals surface area contributed by atoms with Gasteiger partial charge in [0.15, 0.2) is 15.0 Å². The van der Waals surface area contributed by atoms with E-state index < -0.39 is 9.84 Å². The highest BCUT2D eigenvalue weighted by Gasteiger charge is 2.48. The van der Waals surface area contributed by atoms with Crippen LogP contribution in [0.3, 0.4) is 0 Å². The molecule has 0 spiro atoms. The number of nitrogens with one attached hydrogen (secondary N) is 1. The summed E-state index contributed by atoms with van der Waals surface area (Å²) < 4.78 is 23.5. The maximum atomic E-state index is 11.8. The van der Waals surface area contributed by atoms with E-state index in [9.17, 15) is 8.42 Å². The summed E-state index contributed by atoms with van der Waals surface area (Å²) in [5, 5.41) is 8.59. The van der Waals surface area contributed by atoms with Crippen LogP contribution in [0.5, 0.6) is 0 Å². The van der Waals surface area contributed by atoms with Gasteiger partial charge in [0.25, 0.3) is 0 Å². The topological polar surface area (TPSA) is 61.2 Å². The molecule has 1 aromatic rings. The molecule has 2 aliphatic heterocycles. The van der Waals surface area contributed by atoms with Crippen molar-refractivity contribution in [3.05, 3.63) is 29.3 Å². The lowest BCUT2D eigenvalue weighted by Gasteiger charge is -2.24. The monoisotopic (exact) mass is 296 g/mol. The Morgan fingerprint density at radius 1 is 1.21 bits per heavy atom. The van der Waals surface area contributed by atoms with Crippen LogP contribution >= 0.6 is 11.8 Å². The smallest absolute Gasteiger partial charge is 0.161 e. The van der Waals surface area contributed by atoms with Crippen molar-refractivity contribution in [3.63, 3.8) is 0 Å². The van der Waals surface area contributed by atoms with Gasteiger partial charge in [-0.3, -0.25) is 5.41 Å². The predicted octanol–water partition coefficient (Wildman–Crippen LogP) is 1.96. The number of anilines is 1. The molecular formula is C13H16N2O2S2. The lowest BCUT2D eigenvalue weighted by molar-refractivity contribution is 0.601. The summed E-state index contributed by atoms with van der Waals surface area (Å²) in [5.41, 5.74) is 3.22. The molecule has 0 aromatic heterocycles. The standard InChI is InChI=1S/C13H16N2O2S2/c1-8-3-9(2)5-10(4-8)15-11-6-19(16,17)7-12(11)18-13(15)14/h3-5,11-12,14H,6-7H2,1-2H3/t11-,12+/m1/s1. The quantitative estimate of drug-likeness (QED) is 0.860. The summed E-state index contributed by atoms with van der Waals surface area (Å²) in [6.07, 6.45) is 0. The highest BCUT2D eigenvalue weighted by Crippen LogP contribution is 2.40. The molecule has 0 unspecified atom stereocenters. The summed E-state index contributed by atoms with van der Waals surface area (Å²) in [5.74, 6) is 0.367. The molecule has 2 saturated heterocycles. The van der Waals surface area contributed by atoms with Crippen LogP contribution in [0.2, 0.25) is 0 Å². The van der Waals surface area contributed by atoms with Crippen LogP contribution in [0.1, 0.15) is 11.1 Å². The van der Waals surface area contributed by atoms with Gasteiger partial charge in [0.2, 0.25) is 0 Å². The molecule has 0 radical (unpaired) electrons. The summed E-state index contributed by atoms with van der Waals surface area (Å²) in [6.45, 7) is 4.04. The van der Waals surface area contributed by atoms with Crippen molar-refractivity contribution in [2.24, 2.45) is 0 Å². The van der Waals surface area contributed by atoms with Crippen molar-refractivity contribution < 1.29 is 8.42 Å². The molecule has 0 bridgehead atoms. The Labute approximate surface area is 117 Å². The second kappa shape index (κ2) is 4.24. The minimum absolute atomic E-state index is 0.0123. The molecule has 0 amide bonds. The van der Waals surface area contributed by atoms with E-state index in [1.54, 1.807) is 0 Å². The Balaban J connectivity index is 2.02. The second-order valence-electron chi connectivity index (χ2n) is 5.32. The van der Waals surface area contributed by atoms with E-state index in [4.69, 9.17) is 5.41 Å². The zero-order valence-electron chi connectivity index (χ0n) is 10.9. The van der Waals surface area contributed by atoms with E-state index >= 15 is 0 Å². The van der Waals surface area contributed by atoms with E-state index in [1.807, 2.05) is 30.9 Å². The Morgan fingerprint density at radius 3 is 2.47 bits per heavy atom. The first kappa shape index (κ1) is 13.0. The number of sulfone groups is 1. The maximum absolute atomic E-state index is 11.8. The van der Waals surface area contributed by atoms with Crippen molar-refractivity contribution in [2.45, 2.75) is 25.1 Å². The van der Waals surface area contributed by atoms with E-state index in [0.717, 1.165) is 16.8 Å². The van der Waals surface area contributed by atoms with E-state index in [-0.39, 0.29) is 22.8 Å². The number of hydrogen-bond donors (Lipinski definition) is 1. The average molecular weight is 296 g/mol. The molecule has 6 heteroatoms. The maximum Gasteiger partial charge on any atom is 0.161 e. The molecule has 0 saturated carbocycles. The molecule has 0 aliphatic carbocycles. The Kier molecular flexibility index (Phi) is 2.90. The molecule has 2 atom stereocenters. The lowest BCUT2D eigenvalue weighted by Crippen LogP contribution is -2.37. The van der Waals surface area contributed by atoms with E-state index in [1.165, 1.54) is 11.8 Å². The van der Waals surface area contributed by atoms with Crippen molar-refractivity contribution in [1.29, 1.82) is 5.41 Å². The minimum Gasteiger partial charge on any atom is -0.316 e. The molecular weight excluding hydrogens is 280 g/mol. The third-order valence-corrected chi connectivity index (χ3v) is 6.70. The molecule has 4 nitrogen and oxygen atoms in total. The minimum atomic E-state index is -2.95. The van der Waals surface area contributed by atoms with Crippen molar-refractivity contribution in [1.82, 2.24) is 0 Å². The highest BCUT2D eigenvalue weighted by molar-refractivity contribution is 8.15. The van der Waals surface area contributed by atoms with Gasteiger partial charge in [0.1, 0.15) is 0 Å². The van der Waals surface area contributed by atoms with Gasteiger partial charge in [-0.05, 0) is 37.1 Å². The number of fused-ring (bicyclic) bond motifs is 1. The average Bonchev–Trinajstić information content (AvgIpc) is 2.66.